The van der Waals surface area contributed by atoms with E-state index in [1.165, 1.54) is 33.8 Å². The van der Waals surface area contributed by atoms with Gasteiger partial charge >= 0.3 is 0 Å². The lowest BCUT2D eigenvalue weighted by Gasteiger charge is -2.21. The number of anilines is 1. The Morgan fingerprint density at radius 3 is 2.59 bits per heavy atom. The molecule has 2 heterocycles. The number of rotatable bonds is 6. The van der Waals surface area contributed by atoms with Gasteiger partial charge in [0.2, 0.25) is 11.3 Å². The van der Waals surface area contributed by atoms with Gasteiger partial charge in [0.05, 0.1) is 0 Å². The molecule has 4 rings (SSSR count). The van der Waals surface area contributed by atoms with Crippen molar-refractivity contribution in [1.29, 1.82) is 0 Å². The molecule has 3 aromatic rings. The predicted molar refractivity (Wildman–Crippen MR) is 122 cm³/mol. The number of benzene rings is 2. The van der Waals surface area contributed by atoms with E-state index in [-0.39, 0.29) is 18.8 Å². The van der Waals surface area contributed by atoms with Gasteiger partial charge in [0.25, 0.3) is 5.91 Å². The maximum absolute atomic E-state index is 14.3. The van der Waals surface area contributed by atoms with E-state index in [0.717, 1.165) is 0 Å². The number of nitrogens with zero attached hydrogens (tertiary/aromatic N) is 3. The number of halogens is 1. The first kappa shape index (κ1) is 23.0. The van der Waals surface area contributed by atoms with Crippen LogP contribution in [0.4, 0.5) is 10.1 Å². The summed E-state index contributed by atoms with van der Waals surface area (Å²) in [5.74, 6) is -0.633. The highest BCUT2D eigenvalue weighted by Gasteiger charge is 2.23. The summed E-state index contributed by atoms with van der Waals surface area (Å²) in [6.45, 7) is 3.99. The van der Waals surface area contributed by atoms with Crippen LogP contribution in [0.25, 0.3) is 5.69 Å². The van der Waals surface area contributed by atoms with Crippen molar-refractivity contribution in [2.75, 3.05) is 31.6 Å². The predicted octanol–water partition coefficient (Wildman–Crippen LogP) is 2.55. The maximum atomic E-state index is 14.3. The Labute approximate surface area is 194 Å². The molecule has 0 aliphatic carbocycles. The van der Waals surface area contributed by atoms with E-state index < -0.39 is 28.8 Å². The van der Waals surface area contributed by atoms with Crippen molar-refractivity contribution in [3.8, 4) is 17.2 Å². The molecule has 0 atom stereocenters. The van der Waals surface area contributed by atoms with Crippen LogP contribution in [0.15, 0.2) is 53.3 Å². The highest BCUT2D eigenvalue weighted by molar-refractivity contribution is 5.98. The van der Waals surface area contributed by atoms with E-state index in [9.17, 15) is 18.8 Å². The average molecular weight is 466 g/mol. The quantitative estimate of drug-likeness (QED) is 0.599. The van der Waals surface area contributed by atoms with Gasteiger partial charge in [-0.3, -0.25) is 14.4 Å². The number of fused-ring (bicyclic) bond motifs is 1. The van der Waals surface area contributed by atoms with E-state index in [1.807, 2.05) is 0 Å². The zero-order valence-corrected chi connectivity index (χ0v) is 18.7. The molecule has 0 radical (unpaired) electrons. The minimum Gasteiger partial charge on any atom is -0.486 e. The first-order chi connectivity index (χ1) is 16.4. The molecule has 0 saturated heterocycles. The smallest absolute Gasteiger partial charge is 0.278 e. The van der Waals surface area contributed by atoms with Gasteiger partial charge in [-0.2, -0.15) is 5.10 Å². The molecule has 0 spiro atoms. The van der Waals surface area contributed by atoms with Crippen molar-refractivity contribution in [1.82, 2.24) is 14.7 Å². The summed E-state index contributed by atoms with van der Waals surface area (Å²) in [5, 5.41) is 6.83. The largest absolute Gasteiger partial charge is 0.486 e. The van der Waals surface area contributed by atoms with Gasteiger partial charge in [-0.25, -0.2) is 9.07 Å². The topological polar surface area (TPSA) is 103 Å². The first-order valence-corrected chi connectivity index (χ1v) is 10.7. The molecule has 1 aliphatic rings. The van der Waals surface area contributed by atoms with Gasteiger partial charge in [0.1, 0.15) is 31.3 Å². The Morgan fingerprint density at radius 1 is 1.12 bits per heavy atom. The number of carbonyl (C=O) groups excluding carboxylic acids is 2. The van der Waals surface area contributed by atoms with Gasteiger partial charge in [-0.1, -0.05) is 12.1 Å². The molecule has 0 saturated carbocycles. The van der Waals surface area contributed by atoms with Crippen LogP contribution in [0.5, 0.6) is 11.5 Å². The highest BCUT2D eigenvalue weighted by Crippen LogP contribution is 2.32. The summed E-state index contributed by atoms with van der Waals surface area (Å²) in [7, 11) is 0. The number of carbonyl (C=O) groups is 2. The van der Waals surface area contributed by atoms with Gasteiger partial charge in [-0.05, 0) is 38.1 Å². The second-order valence-electron chi connectivity index (χ2n) is 7.59. The summed E-state index contributed by atoms with van der Waals surface area (Å²) in [4.78, 5) is 39.5. The molecule has 10 heteroatoms. The van der Waals surface area contributed by atoms with Gasteiger partial charge in [-0.15, -0.1) is 0 Å². The van der Waals surface area contributed by atoms with Gasteiger partial charge in [0.15, 0.2) is 17.2 Å². The Bertz CT molecular complexity index is 1310. The molecule has 1 N–H and O–H groups in total. The molecule has 0 bridgehead atoms. The molecule has 34 heavy (non-hydrogen) atoms. The molecular formula is C24H23FN4O5. The SMILES string of the molecule is CCN(CC(=O)Nc1ccc2c(c1)OCCO2)C(=O)c1nn(-c2ccccc2F)c(C)cc1=O. The van der Waals surface area contributed by atoms with Crippen LogP contribution in [0.1, 0.15) is 23.1 Å². The van der Waals surface area contributed by atoms with Crippen LogP contribution < -0.4 is 20.2 Å². The summed E-state index contributed by atoms with van der Waals surface area (Å²) in [6, 6.07) is 12.1. The third-order valence-electron chi connectivity index (χ3n) is 5.22. The number of ether oxygens (including phenoxy) is 2. The fourth-order valence-electron chi connectivity index (χ4n) is 3.53. The minimum atomic E-state index is -0.727. The van der Waals surface area contributed by atoms with Crippen LogP contribution in [-0.4, -0.2) is 52.8 Å². The molecule has 2 aromatic carbocycles. The second kappa shape index (κ2) is 9.74. The van der Waals surface area contributed by atoms with Crippen LogP contribution in [0.2, 0.25) is 0 Å². The van der Waals surface area contributed by atoms with Crippen LogP contribution in [-0.2, 0) is 4.79 Å². The maximum Gasteiger partial charge on any atom is 0.278 e. The van der Waals surface area contributed by atoms with Gasteiger partial charge < -0.3 is 19.7 Å². The minimum absolute atomic E-state index is 0.105. The Balaban J connectivity index is 1.53. The molecular weight excluding hydrogens is 443 g/mol. The Morgan fingerprint density at radius 2 is 1.85 bits per heavy atom. The lowest BCUT2D eigenvalue weighted by Crippen LogP contribution is -2.41. The number of amides is 2. The second-order valence-corrected chi connectivity index (χ2v) is 7.59. The van der Waals surface area contributed by atoms with E-state index >= 15 is 0 Å². The van der Waals surface area contributed by atoms with E-state index in [1.54, 1.807) is 38.1 Å². The number of nitrogens with one attached hydrogen (secondary N) is 1. The van der Waals surface area contributed by atoms with Crippen molar-refractivity contribution in [3.05, 3.63) is 76.0 Å². The van der Waals surface area contributed by atoms with E-state index in [2.05, 4.69) is 10.4 Å². The third kappa shape index (κ3) is 4.75. The number of hydrogen-bond donors (Lipinski definition) is 1. The fourth-order valence-corrected chi connectivity index (χ4v) is 3.53. The summed E-state index contributed by atoms with van der Waals surface area (Å²) in [6.07, 6.45) is 0. The van der Waals surface area contributed by atoms with Gasteiger partial charge in [0, 0.05) is 30.1 Å². The number of aromatic nitrogens is 2. The monoisotopic (exact) mass is 466 g/mol. The van der Waals surface area contributed by atoms with Crippen molar-refractivity contribution < 1.29 is 23.5 Å². The van der Waals surface area contributed by atoms with Crippen LogP contribution in [0, 0.1) is 12.7 Å². The standard InChI is InChI=1S/C24H23FN4O5/c1-3-28(14-22(31)26-16-8-9-20-21(13-16)34-11-10-33-20)24(32)23-19(30)12-15(2)29(27-23)18-7-5-4-6-17(18)25/h4-9,12-13H,3,10-11,14H2,1-2H3,(H,26,31). The Kier molecular flexibility index (Phi) is 6.58. The lowest BCUT2D eigenvalue weighted by atomic mass is 10.2. The normalized spacial score (nSPS) is 12.2. The number of hydrogen-bond acceptors (Lipinski definition) is 6. The van der Waals surface area contributed by atoms with Crippen LogP contribution >= 0.6 is 0 Å². The van der Waals surface area contributed by atoms with Crippen LogP contribution in [0.3, 0.4) is 0 Å². The first-order valence-electron chi connectivity index (χ1n) is 10.7. The number of likely N-dealkylation sites (N-methyl/N-ethyl adjacent to an activating group) is 1. The zero-order valence-electron chi connectivity index (χ0n) is 18.7. The molecule has 1 aromatic heterocycles. The lowest BCUT2D eigenvalue weighted by molar-refractivity contribution is -0.116. The molecule has 2 amide bonds. The van der Waals surface area contributed by atoms with Crippen molar-refractivity contribution in [2.24, 2.45) is 0 Å². The van der Waals surface area contributed by atoms with Crippen molar-refractivity contribution in [2.45, 2.75) is 13.8 Å². The van der Waals surface area contributed by atoms with E-state index in [0.29, 0.717) is 36.1 Å². The molecule has 176 valence electrons. The number of aryl methyl sites for hydroxylation is 1. The molecule has 0 unspecified atom stereocenters. The number of para-hydroxylation sites is 1. The molecule has 1 aliphatic heterocycles. The van der Waals surface area contributed by atoms with Crippen molar-refractivity contribution >= 4 is 17.5 Å². The molecule has 0 fully saturated rings. The molecule has 9 nitrogen and oxygen atoms in total. The summed E-state index contributed by atoms with van der Waals surface area (Å²) < 4.78 is 26.5. The highest BCUT2D eigenvalue weighted by atomic mass is 19.1. The average Bonchev–Trinajstić information content (AvgIpc) is 2.83. The fraction of sp³-hybridized carbons (Fsp3) is 0.250. The summed E-state index contributed by atoms with van der Waals surface area (Å²) in [5.41, 5.74) is -0.0590. The zero-order chi connectivity index (χ0) is 24.2. The Hall–Kier alpha value is -4.21. The third-order valence-corrected chi connectivity index (χ3v) is 5.22. The van der Waals surface area contributed by atoms with E-state index in [4.69, 9.17) is 9.47 Å². The summed E-state index contributed by atoms with van der Waals surface area (Å²) >= 11 is 0. The van der Waals surface area contributed by atoms with Crippen molar-refractivity contribution in [3.63, 3.8) is 0 Å².